The molecule has 0 aliphatic carbocycles. The van der Waals surface area contributed by atoms with Gasteiger partial charge in [0.2, 0.25) is 0 Å². The minimum absolute atomic E-state index is 0.0526. The molecule has 2 atom stereocenters. The number of hydrogen-bond donors (Lipinski definition) is 2. The average molecular weight is 455 g/mol. The number of aromatic amines is 1. The summed E-state index contributed by atoms with van der Waals surface area (Å²) >= 11 is 0. The third-order valence-electron chi connectivity index (χ3n) is 6.30. The molecule has 4 aromatic rings. The highest BCUT2D eigenvalue weighted by Crippen LogP contribution is 2.45. The van der Waals surface area contributed by atoms with Gasteiger partial charge in [0.05, 0.1) is 25.4 Å². The molecule has 172 valence electrons. The Kier molecular flexibility index (Phi) is 5.08. The van der Waals surface area contributed by atoms with Gasteiger partial charge in [-0.25, -0.2) is 13.6 Å². The highest BCUT2D eigenvalue weighted by molar-refractivity contribution is 6.00. The van der Waals surface area contributed by atoms with Crippen LogP contribution >= 0.6 is 0 Å². The van der Waals surface area contributed by atoms with E-state index in [-0.39, 0.29) is 36.1 Å². The van der Waals surface area contributed by atoms with Crippen LogP contribution in [0.4, 0.5) is 8.78 Å². The molecule has 1 aliphatic heterocycles. The van der Waals surface area contributed by atoms with Crippen molar-refractivity contribution in [1.82, 2.24) is 14.8 Å². The summed E-state index contributed by atoms with van der Waals surface area (Å²) in [6.07, 6.45) is 0.841. The lowest BCUT2D eigenvalue weighted by Crippen LogP contribution is -2.18. The Hall–Kier alpha value is -3.46. The van der Waals surface area contributed by atoms with Crippen molar-refractivity contribution in [3.8, 4) is 11.4 Å². The SMILES string of the molecule is COc1cc(-n2c(C(C)C)c(C3CO[C@H](C(=O)O)C3)c3c(F)c4[nH]ncc4cc32)ccc1F. The number of methoxy groups -OCH3 is 1. The lowest BCUT2D eigenvalue weighted by Gasteiger charge is -2.18. The molecule has 33 heavy (non-hydrogen) atoms. The van der Waals surface area contributed by atoms with Crippen molar-refractivity contribution in [3.63, 3.8) is 0 Å². The van der Waals surface area contributed by atoms with E-state index in [9.17, 15) is 14.3 Å². The molecule has 0 amide bonds. The topological polar surface area (TPSA) is 89.4 Å². The van der Waals surface area contributed by atoms with E-state index in [2.05, 4.69) is 10.2 Å². The number of ether oxygens (including phenoxy) is 2. The first-order valence-electron chi connectivity index (χ1n) is 10.7. The van der Waals surface area contributed by atoms with Crippen LogP contribution in [-0.4, -0.2) is 45.7 Å². The van der Waals surface area contributed by atoms with Gasteiger partial charge < -0.3 is 19.1 Å². The number of carbonyl (C=O) groups is 1. The molecule has 2 aromatic carbocycles. The van der Waals surface area contributed by atoms with Crippen molar-refractivity contribution in [1.29, 1.82) is 0 Å². The van der Waals surface area contributed by atoms with Gasteiger partial charge in [-0.2, -0.15) is 5.10 Å². The predicted molar refractivity (Wildman–Crippen MR) is 118 cm³/mol. The number of hydrogen-bond acceptors (Lipinski definition) is 4. The van der Waals surface area contributed by atoms with Crippen LogP contribution in [0.3, 0.4) is 0 Å². The van der Waals surface area contributed by atoms with Crippen LogP contribution in [0.15, 0.2) is 30.5 Å². The molecule has 0 radical (unpaired) electrons. The first-order chi connectivity index (χ1) is 15.8. The molecule has 1 unspecified atom stereocenters. The number of fused-ring (bicyclic) bond motifs is 2. The van der Waals surface area contributed by atoms with Gasteiger partial charge in [0.1, 0.15) is 5.52 Å². The van der Waals surface area contributed by atoms with Gasteiger partial charge in [-0.1, -0.05) is 13.8 Å². The highest BCUT2D eigenvalue weighted by Gasteiger charge is 2.37. The van der Waals surface area contributed by atoms with E-state index in [1.165, 1.54) is 13.2 Å². The number of benzene rings is 2. The minimum Gasteiger partial charge on any atom is -0.494 e. The third-order valence-corrected chi connectivity index (χ3v) is 6.30. The molecule has 5 rings (SSSR count). The van der Waals surface area contributed by atoms with Crippen LogP contribution < -0.4 is 4.74 Å². The number of nitrogens with one attached hydrogen (secondary N) is 1. The number of halogens is 2. The maximum absolute atomic E-state index is 15.9. The first kappa shape index (κ1) is 21.4. The highest BCUT2D eigenvalue weighted by atomic mass is 19.1. The normalized spacial score (nSPS) is 18.6. The Morgan fingerprint density at radius 2 is 2.12 bits per heavy atom. The average Bonchev–Trinajstić information content (AvgIpc) is 3.51. The largest absolute Gasteiger partial charge is 0.494 e. The Balaban J connectivity index is 1.87. The van der Waals surface area contributed by atoms with Crippen LogP contribution in [0.5, 0.6) is 5.75 Å². The number of carboxylic acid groups (broad SMARTS) is 1. The van der Waals surface area contributed by atoms with Gasteiger partial charge in [0.25, 0.3) is 0 Å². The molecule has 2 aromatic heterocycles. The summed E-state index contributed by atoms with van der Waals surface area (Å²) in [7, 11) is 1.39. The Morgan fingerprint density at radius 3 is 2.79 bits per heavy atom. The zero-order valence-corrected chi connectivity index (χ0v) is 18.4. The van der Waals surface area contributed by atoms with E-state index in [0.717, 1.165) is 5.69 Å². The summed E-state index contributed by atoms with van der Waals surface area (Å²) in [4.78, 5) is 11.5. The third kappa shape index (κ3) is 3.26. The lowest BCUT2D eigenvalue weighted by molar-refractivity contribution is -0.147. The maximum Gasteiger partial charge on any atom is 0.332 e. The van der Waals surface area contributed by atoms with Crippen LogP contribution in [-0.2, 0) is 9.53 Å². The van der Waals surface area contributed by atoms with Gasteiger partial charge in [-0.15, -0.1) is 0 Å². The van der Waals surface area contributed by atoms with Gasteiger partial charge in [0, 0.05) is 34.1 Å². The van der Waals surface area contributed by atoms with Crippen molar-refractivity contribution in [2.45, 2.75) is 38.2 Å². The molecular formula is C24H23F2N3O4. The van der Waals surface area contributed by atoms with Crippen LogP contribution in [0.1, 0.15) is 43.4 Å². The van der Waals surface area contributed by atoms with Crippen molar-refractivity contribution < 1.29 is 28.2 Å². The fourth-order valence-corrected chi connectivity index (χ4v) is 4.90. The lowest BCUT2D eigenvalue weighted by atomic mass is 9.89. The zero-order valence-electron chi connectivity index (χ0n) is 18.4. The molecule has 1 saturated heterocycles. The first-order valence-corrected chi connectivity index (χ1v) is 10.7. The van der Waals surface area contributed by atoms with E-state index in [0.29, 0.717) is 27.5 Å². The molecule has 1 fully saturated rings. The second-order valence-corrected chi connectivity index (χ2v) is 8.62. The number of rotatable bonds is 5. The molecule has 9 heteroatoms. The summed E-state index contributed by atoms with van der Waals surface area (Å²) in [5, 5.41) is 17.1. The Bertz CT molecular complexity index is 1390. The standard InChI is InChI=1S/C24H23F2N3O4/c1-11(2)23-19(13-7-18(24(30)31)33-10-13)20-16(6-12-9-27-28-22(12)21(20)26)29(23)14-4-5-15(25)17(8-14)32-3/h4-6,8-9,11,13,18H,7,10H2,1-3H3,(H,27,28)(H,30,31)/t13?,18-/m0/s1. The van der Waals surface area contributed by atoms with Gasteiger partial charge in [0.15, 0.2) is 23.5 Å². The number of carboxylic acids is 1. The summed E-state index contributed by atoms with van der Waals surface area (Å²) in [6, 6.07) is 6.35. The fraction of sp³-hybridized carbons (Fsp3) is 0.333. The minimum atomic E-state index is -1.04. The Morgan fingerprint density at radius 1 is 1.33 bits per heavy atom. The number of aliphatic carboxylic acids is 1. The van der Waals surface area contributed by atoms with Crippen molar-refractivity contribution in [2.75, 3.05) is 13.7 Å². The molecule has 3 heterocycles. The molecule has 0 saturated carbocycles. The zero-order chi connectivity index (χ0) is 23.4. The molecule has 0 spiro atoms. The van der Waals surface area contributed by atoms with Crippen molar-refractivity contribution in [2.24, 2.45) is 0 Å². The summed E-state index contributed by atoms with van der Waals surface area (Å²) in [5.74, 6) is -2.28. The second-order valence-electron chi connectivity index (χ2n) is 8.62. The second kappa shape index (κ2) is 7.84. The van der Waals surface area contributed by atoms with E-state index in [1.54, 1.807) is 18.3 Å². The quantitative estimate of drug-likeness (QED) is 0.448. The molecule has 1 aliphatic rings. The summed E-state index contributed by atoms with van der Waals surface area (Å²) < 4.78 is 42.7. The molecular weight excluding hydrogens is 432 g/mol. The smallest absolute Gasteiger partial charge is 0.332 e. The van der Waals surface area contributed by atoms with Gasteiger partial charge in [-0.05, 0) is 36.1 Å². The predicted octanol–water partition coefficient (Wildman–Crippen LogP) is 4.87. The summed E-state index contributed by atoms with van der Waals surface area (Å²) in [6.45, 7) is 4.15. The van der Waals surface area contributed by atoms with E-state index < -0.39 is 23.7 Å². The molecule has 0 bridgehead atoms. The molecule has 7 nitrogen and oxygen atoms in total. The van der Waals surface area contributed by atoms with Crippen LogP contribution in [0.2, 0.25) is 0 Å². The maximum atomic E-state index is 15.9. The van der Waals surface area contributed by atoms with Gasteiger partial charge >= 0.3 is 5.97 Å². The van der Waals surface area contributed by atoms with Crippen molar-refractivity contribution in [3.05, 3.63) is 53.4 Å². The van der Waals surface area contributed by atoms with E-state index in [1.807, 2.05) is 24.5 Å². The van der Waals surface area contributed by atoms with E-state index >= 15 is 4.39 Å². The number of H-pyrrole nitrogens is 1. The van der Waals surface area contributed by atoms with Crippen molar-refractivity contribution >= 4 is 27.8 Å². The van der Waals surface area contributed by atoms with Crippen LogP contribution in [0.25, 0.3) is 27.5 Å². The van der Waals surface area contributed by atoms with Gasteiger partial charge in [-0.3, -0.25) is 5.10 Å². The fourth-order valence-electron chi connectivity index (χ4n) is 4.90. The number of aromatic nitrogens is 3. The van der Waals surface area contributed by atoms with E-state index in [4.69, 9.17) is 9.47 Å². The number of nitrogens with zero attached hydrogens (tertiary/aromatic N) is 2. The van der Waals surface area contributed by atoms with Crippen LogP contribution in [0, 0.1) is 11.6 Å². The monoisotopic (exact) mass is 455 g/mol. The Labute approximate surface area is 187 Å². The molecule has 2 N–H and O–H groups in total. The summed E-state index contributed by atoms with van der Waals surface area (Å²) in [5.41, 5.74) is 3.01.